The molecule has 6 heteroatoms. The van der Waals surface area contributed by atoms with E-state index in [0.29, 0.717) is 23.9 Å². The molecule has 1 fully saturated rings. The zero-order valence-electron chi connectivity index (χ0n) is 13.3. The van der Waals surface area contributed by atoms with Crippen LogP contribution in [0.5, 0.6) is 11.5 Å². The summed E-state index contributed by atoms with van der Waals surface area (Å²) < 4.78 is 10.9. The summed E-state index contributed by atoms with van der Waals surface area (Å²) in [6, 6.07) is 15.1. The summed E-state index contributed by atoms with van der Waals surface area (Å²) in [5.41, 5.74) is 1.10. The summed E-state index contributed by atoms with van der Waals surface area (Å²) in [6.07, 6.45) is 0. The van der Waals surface area contributed by atoms with Crippen molar-refractivity contribution in [2.75, 3.05) is 26.0 Å². The van der Waals surface area contributed by atoms with Crippen molar-refractivity contribution >= 4 is 29.3 Å². The molecule has 3 rings (SSSR count). The minimum Gasteiger partial charge on any atom is -0.497 e. The lowest BCUT2D eigenvalue weighted by Gasteiger charge is -2.24. The summed E-state index contributed by atoms with van der Waals surface area (Å²) in [7, 11) is 1.64. The molecule has 0 radical (unpaired) electrons. The molecule has 0 N–H and O–H groups in total. The highest BCUT2D eigenvalue weighted by Crippen LogP contribution is 2.38. The van der Waals surface area contributed by atoms with Crippen molar-refractivity contribution in [1.82, 2.24) is 4.90 Å². The lowest BCUT2D eigenvalue weighted by Crippen LogP contribution is -2.32. The van der Waals surface area contributed by atoms with Crippen molar-refractivity contribution in [3.63, 3.8) is 0 Å². The first-order chi connectivity index (χ1) is 11.7. The van der Waals surface area contributed by atoms with Gasteiger partial charge in [0, 0.05) is 5.02 Å². The van der Waals surface area contributed by atoms with Crippen LogP contribution in [0.4, 0.5) is 0 Å². The predicted molar refractivity (Wildman–Crippen MR) is 96.9 cm³/mol. The molecule has 1 aliphatic rings. The highest BCUT2D eigenvalue weighted by atomic mass is 35.5. The Morgan fingerprint density at radius 2 is 1.79 bits per heavy atom. The zero-order chi connectivity index (χ0) is 16.9. The second-order valence-electron chi connectivity index (χ2n) is 5.33. The molecule has 1 atom stereocenters. The predicted octanol–water partition coefficient (Wildman–Crippen LogP) is 4.00. The molecule has 0 aliphatic carbocycles. The topological polar surface area (TPSA) is 38.8 Å². The van der Waals surface area contributed by atoms with Crippen LogP contribution in [0.15, 0.2) is 48.5 Å². The average molecular weight is 364 g/mol. The minimum absolute atomic E-state index is 0.0252. The average Bonchev–Trinajstić information content (AvgIpc) is 2.98. The molecule has 1 amide bonds. The maximum Gasteiger partial charge on any atom is 0.233 e. The van der Waals surface area contributed by atoms with E-state index in [9.17, 15) is 4.79 Å². The Morgan fingerprint density at radius 1 is 1.12 bits per heavy atom. The molecule has 1 heterocycles. The molecule has 4 nitrogen and oxygen atoms in total. The van der Waals surface area contributed by atoms with Crippen molar-refractivity contribution in [2.45, 2.75) is 5.37 Å². The van der Waals surface area contributed by atoms with Crippen molar-refractivity contribution in [1.29, 1.82) is 0 Å². The quantitative estimate of drug-likeness (QED) is 0.777. The van der Waals surface area contributed by atoms with Crippen LogP contribution in [-0.4, -0.2) is 36.8 Å². The number of benzene rings is 2. The summed E-state index contributed by atoms with van der Waals surface area (Å²) in [6.45, 7) is 0.992. The fraction of sp³-hybridized carbons (Fsp3) is 0.278. The molecule has 2 aromatic rings. The summed E-state index contributed by atoms with van der Waals surface area (Å²) in [4.78, 5) is 14.0. The molecule has 0 saturated carbocycles. The van der Waals surface area contributed by atoms with Crippen LogP contribution in [-0.2, 0) is 4.79 Å². The standard InChI is InChI=1S/C18H18ClNO3S/c1-22-15-6-2-13(3-7-15)18-20(17(21)12-24-18)10-11-23-16-8-4-14(19)5-9-16/h2-9,18H,10-12H2,1H3/t18-/m0/s1. The number of carbonyl (C=O) groups is 1. The Hall–Kier alpha value is -1.85. The second kappa shape index (κ2) is 7.81. The number of carbonyl (C=O) groups excluding carboxylic acids is 1. The van der Waals surface area contributed by atoms with Gasteiger partial charge in [0.05, 0.1) is 19.4 Å². The number of halogens is 1. The first kappa shape index (κ1) is 17.0. The van der Waals surface area contributed by atoms with E-state index < -0.39 is 0 Å². The Kier molecular flexibility index (Phi) is 5.53. The van der Waals surface area contributed by atoms with Gasteiger partial charge in [0.2, 0.25) is 5.91 Å². The summed E-state index contributed by atoms with van der Waals surface area (Å²) >= 11 is 7.49. The van der Waals surface area contributed by atoms with Gasteiger partial charge in [-0.1, -0.05) is 23.7 Å². The molecule has 0 bridgehead atoms. The zero-order valence-corrected chi connectivity index (χ0v) is 14.8. The van der Waals surface area contributed by atoms with Crippen LogP contribution in [0.1, 0.15) is 10.9 Å². The largest absolute Gasteiger partial charge is 0.497 e. The number of nitrogens with zero attached hydrogens (tertiary/aromatic N) is 1. The first-order valence-corrected chi connectivity index (χ1v) is 9.03. The maximum atomic E-state index is 12.2. The maximum absolute atomic E-state index is 12.2. The molecule has 2 aromatic carbocycles. The van der Waals surface area contributed by atoms with E-state index in [1.807, 2.05) is 41.3 Å². The fourth-order valence-corrected chi connectivity index (χ4v) is 3.88. The Balaban J connectivity index is 1.61. The van der Waals surface area contributed by atoms with Crippen molar-refractivity contribution in [3.8, 4) is 11.5 Å². The smallest absolute Gasteiger partial charge is 0.233 e. The number of ether oxygens (including phenoxy) is 2. The molecule has 1 aliphatic heterocycles. The van der Waals surface area contributed by atoms with Gasteiger partial charge in [-0.2, -0.15) is 0 Å². The third kappa shape index (κ3) is 3.97. The molecule has 126 valence electrons. The number of hydrogen-bond acceptors (Lipinski definition) is 4. The van der Waals surface area contributed by atoms with Gasteiger partial charge in [0.1, 0.15) is 23.5 Å². The van der Waals surface area contributed by atoms with Gasteiger partial charge in [-0.15, -0.1) is 11.8 Å². The van der Waals surface area contributed by atoms with E-state index in [1.54, 1.807) is 31.0 Å². The molecular formula is C18H18ClNO3S. The fourth-order valence-electron chi connectivity index (χ4n) is 2.53. The number of thioether (sulfide) groups is 1. The van der Waals surface area contributed by atoms with Gasteiger partial charge in [-0.05, 0) is 42.0 Å². The van der Waals surface area contributed by atoms with E-state index in [4.69, 9.17) is 21.1 Å². The molecule has 24 heavy (non-hydrogen) atoms. The molecule has 0 spiro atoms. The van der Waals surface area contributed by atoms with E-state index >= 15 is 0 Å². The third-order valence-electron chi connectivity index (χ3n) is 3.78. The monoisotopic (exact) mass is 363 g/mol. The van der Waals surface area contributed by atoms with Crippen LogP contribution in [0.3, 0.4) is 0 Å². The van der Waals surface area contributed by atoms with Gasteiger partial charge in [0.15, 0.2) is 0 Å². The van der Waals surface area contributed by atoms with Gasteiger partial charge in [0.25, 0.3) is 0 Å². The SMILES string of the molecule is COc1ccc([C@@H]2SCC(=O)N2CCOc2ccc(Cl)cc2)cc1. The Labute approximate surface area is 150 Å². The normalized spacial score (nSPS) is 17.2. The summed E-state index contributed by atoms with van der Waals surface area (Å²) in [5, 5.41) is 0.699. The van der Waals surface area contributed by atoms with E-state index in [2.05, 4.69) is 0 Å². The highest BCUT2D eigenvalue weighted by molar-refractivity contribution is 8.00. The van der Waals surface area contributed by atoms with Crippen LogP contribution in [0.2, 0.25) is 5.02 Å². The van der Waals surface area contributed by atoms with Crippen LogP contribution in [0.25, 0.3) is 0 Å². The number of hydrogen-bond donors (Lipinski definition) is 0. The van der Waals surface area contributed by atoms with Crippen molar-refractivity contribution in [2.24, 2.45) is 0 Å². The third-order valence-corrected chi connectivity index (χ3v) is 5.29. The molecule has 0 aromatic heterocycles. The van der Waals surface area contributed by atoms with E-state index in [0.717, 1.165) is 17.1 Å². The van der Waals surface area contributed by atoms with Crippen molar-refractivity contribution < 1.29 is 14.3 Å². The molecular weight excluding hydrogens is 346 g/mol. The lowest BCUT2D eigenvalue weighted by molar-refractivity contribution is -0.128. The van der Waals surface area contributed by atoms with Gasteiger partial charge < -0.3 is 14.4 Å². The van der Waals surface area contributed by atoms with Crippen LogP contribution < -0.4 is 9.47 Å². The summed E-state index contributed by atoms with van der Waals surface area (Å²) in [5.74, 6) is 2.20. The minimum atomic E-state index is 0.0252. The van der Waals surface area contributed by atoms with Gasteiger partial charge in [-0.3, -0.25) is 4.79 Å². The second-order valence-corrected chi connectivity index (χ2v) is 6.83. The Bertz CT molecular complexity index is 690. The van der Waals surface area contributed by atoms with Crippen LogP contribution >= 0.6 is 23.4 Å². The Morgan fingerprint density at radius 3 is 2.46 bits per heavy atom. The van der Waals surface area contributed by atoms with Crippen molar-refractivity contribution in [3.05, 3.63) is 59.1 Å². The van der Waals surface area contributed by atoms with E-state index in [-0.39, 0.29) is 11.3 Å². The van der Waals surface area contributed by atoms with Gasteiger partial charge >= 0.3 is 0 Å². The number of methoxy groups -OCH3 is 1. The lowest BCUT2D eigenvalue weighted by atomic mass is 10.2. The van der Waals surface area contributed by atoms with E-state index in [1.165, 1.54) is 0 Å². The number of rotatable bonds is 6. The first-order valence-electron chi connectivity index (χ1n) is 7.61. The van der Waals surface area contributed by atoms with Gasteiger partial charge in [-0.25, -0.2) is 0 Å². The van der Waals surface area contributed by atoms with Crippen LogP contribution in [0, 0.1) is 0 Å². The molecule has 1 saturated heterocycles. The number of amides is 1. The highest BCUT2D eigenvalue weighted by Gasteiger charge is 2.32. The molecule has 0 unspecified atom stereocenters.